The maximum Gasteiger partial charge on any atom is 0.224 e. The SMILES string of the molecule is CNC(C)Cc1ccnc(N(C)C)n1. The van der Waals surface area contributed by atoms with E-state index in [0.717, 1.165) is 18.1 Å². The third kappa shape index (κ3) is 2.96. The Labute approximate surface area is 85.4 Å². The summed E-state index contributed by atoms with van der Waals surface area (Å²) in [5, 5.41) is 3.19. The van der Waals surface area contributed by atoms with Crippen LogP contribution in [0.2, 0.25) is 0 Å². The van der Waals surface area contributed by atoms with Crippen LogP contribution in [0.4, 0.5) is 5.95 Å². The first-order chi connectivity index (χ1) is 6.63. The zero-order chi connectivity index (χ0) is 10.6. The summed E-state index contributed by atoms with van der Waals surface area (Å²) in [6, 6.07) is 2.40. The van der Waals surface area contributed by atoms with Crippen molar-refractivity contribution in [2.75, 3.05) is 26.0 Å². The second-order valence-electron chi connectivity index (χ2n) is 3.64. The lowest BCUT2D eigenvalue weighted by molar-refractivity contribution is 0.599. The van der Waals surface area contributed by atoms with E-state index < -0.39 is 0 Å². The summed E-state index contributed by atoms with van der Waals surface area (Å²) in [4.78, 5) is 10.5. The van der Waals surface area contributed by atoms with E-state index in [1.807, 2.05) is 32.1 Å². The van der Waals surface area contributed by atoms with Crippen LogP contribution < -0.4 is 10.2 Å². The summed E-state index contributed by atoms with van der Waals surface area (Å²) < 4.78 is 0. The van der Waals surface area contributed by atoms with Crippen molar-refractivity contribution in [1.29, 1.82) is 0 Å². The molecule has 1 aromatic rings. The maximum atomic E-state index is 4.44. The zero-order valence-corrected chi connectivity index (χ0v) is 9.28. The van der Waals surface area contributed by atoms with E-state index >= 15 is 0 Å². The van der Waals surface area contributed by atoms with Gasteiger partial charge in [-0.3, -0.25) is 0 Å². The highest BCUT2D eigenvalue weighted by Gasteiger charge is 2.04. The van der Waals surface area contributed by atoms with Gasteiger partial charge in [0, 0.05) is 38.4 Å². The molecule has 0 aliphatic heterocycles. The minimum atomic E-state index is 0.444. The average Bonchev–Trinajstić information content (AvgIpc) is 2.18. The number of aromatic nitrogens is 2. The van der Waals surface area contributed by atoms with Crippen molar-refractivity contribution in [2.45, 2.75) is 19.4 Å². The standard InChI is InChI=1S/C10H18N4/c1-8(11-2)7-9-5-6-12-10(13-9)14(3)4/h5-6,8,11H,7H2,1-4H3. The average molecular weight is 194 g/mol. The van der Waals surface area contributed by atoms with E-state index in [-0.39, 0.29) is 0 Å². The van der Waals surface area contributed by atoms with Crippen LogP contribution in [0.1, 0.15) is 12.6 Å². The molecule has 0 aliphatic carbocycles. The zero-order valence-electron chi connectivity index (χ0n) is 9.28. The predicted molar refractivity (Wildman–Crippen MR) is 58.6 cm³/mol. The first-order valence-corrected chi connectivity index (χ1v) is 4.80. The molecule has 0 saturated carbocycles. The fraction of sp³-hybridized carbons (Fsp3) is 0.600. The summed E-state index contributed by atoms with van der Waals surface area (Å²) in [7, 11) is 5.85. The minimum Gasteiger partial charge on any atom is -0.347 e. The molecule has 0 bridgehead atoms. The largest absolute Gasteiger partial charge is 0.347 e. The second-order valence-corrected chi connectivity index (χ2v) is 3.64. The normalized spacial score (nSPS) is 12.6. The first-order valence-electron chi connectivity index (χ1n) is 4.80. The Morgan fingerprint density at radius 1 is 1.50 bits per heavy atom. The highest BCUT2D eigenvalue weighted by Crippen LogP contribution is 2.05. The highest BCUT2D eigenvalue weighted by atomic mass is 15.2. The second kappa shape index (κ2) is 4.91. The van der Waals surface area contributed by atoms with E-state index in [0.29, 0.717) is 6.04 Å². The van der Waals surface area contributed by atoms with Crippen molar-refractivity contribution in [3.05, 3.63) is 18.0 Å². The van der Waals surface area contributed by atoms with Gasteiger partial charge in [0.25, 0.3) is 0 Å². The third-order valence-electron chi connectivity index (χ3n) is 2.11. The van der Waals surface area contributed by atoms with Gasteiger partial charge < -0.3 is 10.2 Å². The van der Waals surface area contributed by atoms with Gasteiger partial charge in [-0.15, -0.1) is 0 Å². The van der Waals surface area contributed by atoms with Crippen LogP contribution in [-0.2, 0) is 6.42 Å². The lowest BCUT2D eigenvalue weighted by Gasteiger charge is -2.13. The summed E-state index contributed by atoms with van der Waals surface area (Å²) in [6.07, 6.45) is 2.74. The predicted octanol–water partition coefficient (Wildman–Crippen LogP) is 0.693. The van der Waals surface area contributed by atoms with Gasteiger partial charge in [-0.05, 0) is 20.0 Å². The Bertz CT molecular complexity index is 285. The molecular weight excluding hydrogens is 176 g/mol. The van der Waals surface area contributed by atoms with E-state index in [1.165, 1.54) is 0 Å². The van der Waals surface area contributed by atoms with Crippen LogP contribution in [0.25, 0.3) is 0 Å². The van der Waals surface area contributed by atoms with Crippen LogP contribution in [-0.4, -0.2) is 37.2 Å². The Morgan fingerprint density at radius 2 is 2.21 bits per heavy atom. The minimum absolute atomic E-state index is 0.444. The molecule has 1 heterocycles. The Kier molecular flexibility index (Phi) is 3.83. The Hall–Kier alpha value is -1.16. The van der Waals surface area contributed by atoms with Gasteiger partial charge in [-0.2, -0.15) is 0 Å². The van der Waals surface area contributed by atoms with Gasteiger partial charge in [0.2, 0.25) is 5.95 Å². The summed E-state index contributed by atoms with van der Waals surface area (Å²) in [6.45, 7) is 2.14. The summed E-state index contributed by atoms with van der Waals surface area (Å²) in [5.74, 6) is 0.769. The smallest absolute Gasteiger partial charge is 0.224 e. The molecule has 78 valence electrons. The van der Waals surface area contributed by atoms with Crippen molar-refractivity contribution in [2.24, 2.45) is 0 Å². The molecule has 4 nitrogen and oxygen atoms in total. The molecule has 0 saturated heterocycles. The third-order valence-corrected chi connectivity index (χ3v) is 2.11. The van der Waals surface area contributed by atoms with Crippen LogP contribution in [0.5, 0.6) is 0 Å². The number of likely N-dealkylation sites (N-methyl/N-ethyl adjacent to an activating group) is 1. The van der Waals surface area contributed by atoms with Gasteiger partial charge in [-0.1, -0.05) is 0 Å². The molecule has 1 atom stereocenters. The molecule has 1 aromatic heterocycles. The fourth-order valence-electron chi connectivity index (χ4n) is 1.13. The first kappa shape index (κ1) is 10.9. The van der Waals surface area contributed by atoms with Gasteiger partial charge in [0.1, 0.15) is 0 Å². The number of nitrogens with zero attached hydrogens (tertiary/aromatic N) is 3. The monoisotopic (exact) mass is 194 g/mol. The van der Waals surface area contributed by atoms with Crippen molar-refractivity contribution in [3.63, 3.8) is 0 Å². The van der Waals surface area contributed by atoms with Gasteiger partial charge in [-0.25, -0.2) is 9.97 Å². The number of rotatable bonds is 4. The molecule has 1 N–H and O–H groups in total. The number of anilines is 1. The van der Waals surface area contributed by atoms with Crippen LogP contribution in [0, 0.1) is 0 Å². The van der Waals surface area contributed by atoms with E-state index in [4.69, 9.17) is 0 Å². The Morgan fingerprint density at radius 3 is 2.79 bits per heavy atom. The molecule has 0 amide bonds. The van der Waals surface area contributed by atoms with Crippen molar-refractivity contribution in [1.82, 2.24) is 15.3 Å². The topological polar surface area (TPSA) is 41.1 Å². The van der Waals surface area contributed by atoms with Crippen molar-refractivity contribution >= 4 is 5.95 Å². The molecule has 0 radical (unpaired) electrons. The number of hydrogen-bond acceptors (Lipinski definition) is 4. The van der Waals surface area contributed by atoms with E-state index in [2.05, 4.69) is 22.2 Å². The number of hydrogen-bond donors (Lipinski definition) is 1. The van der Waals surface area contributed by atoms with Gasteiger partial charge in [0.05, 0.1) is 0 Å². The molecular formula is C10H18N4. The number of nitrogens with one attached hydrogen (secondary N) is 1. The van der Waals surface area contributed by atoms with E-state index in [9.17, 15) is 0 Å². The fourth-order valence-corrected chi connectivity index (χ4v) is 1.13. The molecule has 0 aliphatic rings. The van der Waals surface area contributed by atoms with E-state index in [1.54, 1.807) is 6.20 Å². The van der Waals surface area contributed by atoms with Crippen LogP contribution in [0.3, 0.4) is 0 Å². The molecule has 0 aromatic carbocycles. The van der Waals surface area contributed by atoms with Gasteiger partial charge in [0.15, 0.2) is 0 Å². The summed E-state index contributed by atoms with van der Waals surface area (Å²) in [5.41, 5.74) is 1.07. The molecule has 1 rings (SSSR count). The van der Waals surface area contributed by atoms with Crippen molar-refractivity contribution < 1.29 is 0 Å². The molecule has 4 heteroatoms. The van der Waals surface area contributed by atoms with Crippen molar-refractivity contribution in [3.8, 4) is 0 Å². The molecule has 14 heavy (non-hydrogen) atoms. The Balaban J connectivity index is 2.73. The highest BCUT2D eigenvalue weighted by molar-refractivity contribution is 5.27. The summed E-state index contributed by atoms with van der Waals surface area (Å²) >= 11 is 0. The van der Waals surface area contributed by atoms with Crippen LogP contribution in [0.15, 0.2) is 12.3 Å². The quantitative estimate of drug-likeness (QED) is 0.766. The lowest BCUT2D eigenvalue weighted by atomic mass is 10.2. The molecule has 0 spiro atoms. The van der Waals surface area contributed by atoms with Crippen LogP contribution >= 0.6 is 0 Å². The molecule has 1 unspecified atom stereocenters. The lowest BCUT2D eigenvalue weighted by Crippen LogP contribution is -2.24. The molecule has 0 fully saturated rings. The maximum absolute atomic E-state index is 4.44. The van der Waals surface area contributed by atoms with Gasteiger partial charge >= 0.3 is 0 Å².